The van der Waals surface area contributed by atoms with E-state index in [1.165, 1.54) is 0 Å². The van der Waals surface area contributed by atoms with Crippen molar-refractivity contribution < 1.29 is 19.0 Å². The van der Waals surface area contributed by atoms with Crippen LogP contribution in [0.4, 0.5) is 5.69 Å². The molecule has 29 heavy (non-hydrogen) atoms. The number of amides is 1. The van der Waals surface area contributed by atoms with Crippen LogP contribution in [-0.2, 0) is 11.2 Å². The second-order valence-corrected chi connectivity index (χ2v) is 6.99. The monoisotopic (exact) mass is 398 g/mol. The van der Waals surface area contributed by atoms with Gasteiger partial charge in [-0.15, -0.1) is 0 Å². The number of carbonyl (C=O) groups is 1. The Morgan fingerprint density at radius 3 is 2.24 bits per heavy atom. The first-order chi connectivity index (χ1) is 14.1. The first kappa shape index (κ1) is 20.8. The van der Waals surface area contributed by atoms with Crippen LogP contribution >= 0.6 is 0 Å². The molecule has 1 aliphatic heterocycles. The third-order valence-electron chi connectivity index (χ3n) is 5.18. The number of methoxy groups -OCH3 is 2. The van der Waals surface area contributed by atoms with Gasteiger partial charge in [0.2, 0.25) is 5.91 Å². The molecule has 1 saturated heterocycles. The van der Waals surface area contributed by atoms with Gasteiger partial charge in [-0.1, -0.05) is 12.1 Å². The fraction of sp³-hybridized carbons (Fsp3) is 0.435. The van der Waals surface area contributed by atoms with Crippen LogP contribution in [0.2, 0.25) is 0 Å². The van der Waals surface area contributed by atoms with E-state index in [9.17, 15) is 4.79 Å². The van der Waals surface area contributed by atoms with E-state index in [4.69, 9.17) is 14.2 Å². The Morgan fingerprint density at radius 2 is 1.62 bits per heavy atom. The highest BCUT2D eigenvalue weighted by Gasteiger charge is 2.22. The predicted octanol–water partition coefficient (Wildman–Crippen LogP) is 3.38. The van der Waals surface area contributed by atoms with E-state index in [1.807, 2.05) is 48.2 Å². The van der Waals surface area contributed by atoms with Gasteiger partial charge in [0.05, 0.1) is 26.5 Å². The molecule has 0 radical (unpaired) electrons. The van der Waals surface area contributed by atoms with Crippen LogP contribution in [0.1, 0.15) is 18.9 Å². The van der Waals surface area contributed by atoms with E-state index in [1.54, 1.807) is 14.2 Å². The Kier molecular flexibility index (Phi) is 7.22. The number of carbonyl (C=O) groups excluding carboxylic acids is 1. The number of anilines is 1. The number of piperazine rings is 1. The number of rotatable bonds is 8. The highest BCUT2D eigenvalue weighted by atomic mass is 16.5. The molecule has 0 spiro atoms. The Labute approximate surface area is 173 Å². The van der Waals surface area contributed by atoms with E-state index in [2.05, 4.69) is 11.0 Å². The van der Waals surface area contributed by atoms with Gasteiger partial charge in [0.1, 0.15) is 17.2 Å². The summed E-state index contributed by atoms with van der Waals surface area (Å²) in [6, 6.07) is 13.8. The first-order valence-corrected chi connectivity index (χ1v) is 10.1. The summed E-state index contributed by atoms with van der Waals surface area (Å²) in [7, 11) is 3.26. The molecule has 0 saturated carbocycles. The minimum absolute atomic E-state index is 0.185. The number of nitrogens with zero attached hydrogens (tertiary/aromatic N) is 2. The minimum Gasteiger partial charge on any atom is -0.497 e. The molecule has 1 heterocycles. The second-order valence-electron chi connectivity index (χ2n) is 6.99. The summed E-state index contributed by atoms with van der Waals surface area (Å²) < 4.78 is 16.4. The van der Waals surface area contributed by atoms with Gasteiger partial charge in [-0.3, -0.25) is 4.79 Å². The van der Waals surface area contributed by atoms with E-state index < -0.39 is 0 Å². The molecule has 3 rings (SSSR count). The number of hydrogen-bond donors (Lipinski definition) is 0. The van der Waals surface area contributed by atoms with Crippen molar-refractivity contribution in [2.24, 2.45) is 0 Å². The van der Waals surface area contributed by atoms with Crippen molar-refractivity contribution in [2.75, 3.05) is 51.9 Å². The zero-order valence-electron chi connectivity index (χ0n) is 17.5. The van der Waals surface area contributed by atoms with Gasteiger partial charge in [-0.05, 0) is 43.2 Å². The number of para-hydroxylation sites is 2. The van der Waals surface area contributed by atoms with E-state index in [-0.39, 0.29) is 5.91 Å². The van der Waals surface area contributed by atoms with Crippen LogP contribution in [0, 0.1) is 0 Å². The van der Waals surface area contributed by atoms with Crippen molar-refractivity contribution in [2.45, 2.75) is 19.8 Å². The van der Waals surface area contributed by atoms with Gasteiger partial charge >= 0.3 is 0 Å². The Bertz CT molecular complexity index is 794. The van der Waals surface area contributed by atoms with Crippen LogP contribution in [0.25, 0.3) is 0 Å². The standard InChI is InChI=1S/C23H30N2O4/c1-4-29-22-8-6-5-7-21(22)24-11-13-25(14-12-24)23(26)10-9-18-15-19(27-2)17-20(16-18)28-3/h5-8,15-17H,4,9-14H2,1-3H3. The lowest BCUT2D eigenvalue weighted by atomic mass is 10.1. The molecule has 0 N–H and O–H groups in total. The van der Waals surface area contributed by atoms with Gasteiger partial charge in [0, 0.05) is 38.7 Å². The van der Waals surface area contributed by atoms with Crippen molar-refractivity contribution in [3.63, 3.8) is 0 Å². The molecule has 6 nitrogen and oxygen atoms in total. The normalized spacial score (nSPS) is 13.9. The maximum Gasteiger partial charge on any atom is 0.223 e. The van der Waals surface area contributed by atoms with Crippen molar-refractivity contribution in [1.82, 2.24) is 4.90 Å². The molecule has 0 atom stereocenters. The summed E-state index contributed by atoms with van der Waals surface area (Å²) in [5.41, 5.74) is 2.14. The molecule has 2 aromatic rings. The summed E-state index contributed by atoms with van der Waals surface area (Å²) in [6.45, 7) is 5.70. The largest absolute Gasteiger partial charge is 0.497 e. The lowest BCUT2D eigenvalue weighted by molar-refractivity contribution is -0.131. The molecule has 156 valence electrons. The van der Waals surface area contributed by atoms with Crippen LogP contribution in [-0.4, -0.2) is 57.8 Å². The smallest absolute Gasteiger partial charge is 0.223 e. The summed E-state index contributed by atoms with van der Waals surface area (Å²) in [6.07, 6.45) is 1.14. The third kappa shape index (κ3) is 5.34. The fourth-order valence-corrected chi connectivity index (χ4v) is 3.61. The molecule has 1 amide bonds. The van der Waals surface area contributed by atoms with Crippen LogP contribution in [0.5, 0.6) is 17.2 Å². The molecular formula is C23H30N2O4. The van der Waals surface area contributed by atoms with E-state index >= 15 is 0 Å². The fourth-order valence-electron chi connectivity index (χ4n) is 3.61. The summed E-state index contributed by atoms with van der Waals surface area (Å²) >= 11 is 0. The van der Waals surface area contributed by atoms with E-state index in [0.29, 0.717) is 19.4 Å². The number of benzene rings is 2. The van der Waals surface area contributed by atoms with E-state index in [0.717, 1.165) is 54.7 Å². The molecular weight excluding hydrogens is 368 g/mol. The molecule has 0 aliphatic carbocycles. The molecule has 6 heteroatoms. The zero-order valence-corrected chi connectivity index (χ0v) is 17.5. The summed E-state index contributed by atoms with van der Waals surface area (Å²) in [4.78, 5) is 17.0. The van der Waals surface area contributed by atoms with Gasteiger partial charge in [0.25, 0.3) is 0 Å². The Morgan fingerprint density at radius 1 is 0.966 bits per heavy atom. The summed E-state index contributed by atoms with van der Waals surface area (Å²) in [5, 5.41) is 0. The first-order valence-electron chi connectivity index (χ1n) is 10.1. The number of ether oxygens (including phenoxy) is 3. The van der Waals surface area contributed by atoms with Crippen molar-refractivity contribution in [1.29, 1.82) is 0 Å². The molecule has 0 unspecified atom stereocenters. The van der Waals surface area contributed by atoms with Gasteiger partial charge < -0.3 is 24.0 Å². The zero-order chi connectivity index (χ0) is 20.6. The predicted molar refractivity (Wildman–Crippen MR) is 114 cm³/mol. The topological polar surface area (TPSA) is 51.2 Å². The van der Waals surface area contributed by atoms with Crippen molar-refractivity contribution in [3.8, 4) is 17.2 Å². The molecule has 1 aliphatic rings. The average Bonchev–Trinajstić information content (AvgIpc) is 2.78. The molecule has 0 bridgehead atoms. The number of hydrogen-bond acceptors (Lipinski definition) is 5. The minimum atomic E-state index is 0.185. The maximum absolute atomic E-state index is 12.7. The van der Waals surface area contributed by atoms with Crippen LogP contribution in [0.3, 0.4) is 0 Å². The molecule has 1 fully saturated rings. The van der Waals surface area contributed by atoms with Gasteiger partial charge in [-0.25, -0.2) is 0 Å². The van der Waals surface area contributed by atoms with Gasteiger partial charge in [-0.2, -0.15) is 0 Å². The lowest BCUT2D eigenvalue weighted by Crippen LogP contribution is -2.49. The quantitative estimate of drug-likeness (QED) is 0.682. The van der Waals surface area contributed by atoms with Crippen LogP contribution < -0.4 is 19.1 Å². The van der Waals surface area contributed by atoms with Crippen molar-refractivity contribution in [3.05, 3.63) is 48.0 Å². The highest BCUT2D eigenvalue weighted by molar-refractivity contribution is 5.77. The Hall–Kier alpha value is -2.89. The second kappa shape index (κ2) is 10.0. The average molecular weight is 399 g/mol. The maximum atomic E-state index is 12.7. The Balaban J connectivity index is 1.54. The molecule has 0 aromatic heterocycles. The SMILES string of the molecule is CCOc1ccccc1N1CCN(C(=O)CCc2cc(OC)cc(OC)c2)CC1. The van der Waals surface area contributed by atoms with Gasteiger partial charge in [0.15, 0.2) is 0 Å². The molecule has 2 aromatic carbocycles. The summed E-state index contributed by atoms with van der Waals surface area (Å²) in [5.74, 6) is 2.58. The third-order valence-corrected chi connectivity index (χ3v) is 5.18. The van der Waals surface area contributed by atoms with Crippen LogP contribution in [0.15, 0.2) is 42.5 Å². The number of aryl methyl sites for hydroxylation is 1. The lowest BCUT2D eigenvalue weighted by Gasteiger charge is -2.36. The van der Waals surface area contributed by atoms with Crippen molar-refractivity contribution >= 4 is 11.6 Å². The highest BCUT2D eigenvalue weighted by Crippen LogP contribution is 2.29.